The maximum Gasteiger partial charge on any atom is 0.256 e. The number of nitrogens with zero attached hydrogens (tertiary/aromatic N) is 1. The van der Waals surface area contributed by atoms with Crippen molar-refractivity contribution in [1.29, 1.82) is 0 Å². The van der Waals surface area contributed by atoms with Crippen molar-refractivity contribution >= 4 is 26.6 Å². The minimum absolute atomic E-state index is 0.0185. The van der Waals surface area contributed by atoms with E-state index in [1.807, 2.05) is 0 Å². The Kier molecular flexibility index (Phi) is 1.42. The third-order valence-corrected chi connectivity index (χ3v) is 0.925. The van der Waals surface area contributed by atoms with E-state index in [1.54, 1.807) is 0 Å². The van der Waals surface area contributed by atoms with Gasteiger partial charge < -0.3 is 0 Å². The molecule has 0 fully saturated rings. The molecule has 40 valence electrons. The van der Waals surface area contributed by atoms with E-state index in [1.165, 1.54) is 6.20 Å². The van der Waals surface area contributed by atoms with Gasteiger partial charge in [-0.05, 0) is 5.46 Å². The van der Waals surface area contributed by atoms with Crippen LogP contribution in [0.4, 0.5) is 0 Å². The highest BCUT2D eigenvalue weighted by Gasteiger charge is 1.92. The molecule has 1 heterocycles. The Labute approximate surface area is 54.3 Å². The third-order valence-electron chi connectivity index (χ3n) is 0.925. The summed E-state index contributed by atoms with van der Waals surface area (Å²) in [6, 6.07) is 0. The van der Waals surface area contributed by atoms with Gasteiger partial charge in [-0.15, -0.1) is 0 Å². The first kappa shape index (κ1) is 6.13. The minimum Gasteiger partial charge on any atom is -0.269 e. The molecule has 0 unspecified atom stereocenters. The average Bonchev–Trinajstić information content (AvgIpc) is 1.83. The van der Waals surface area contributed by atoms with Crippen LogP contribution in [-0.2, 0) is 0 Å². The van der Waals surface area contributed by atoms with Crippen LogP contribution in [0.1, 0.15) is 0 Å². The molecule has 5 heteroatoms. The first-order chi connectivity index (χ1) is 4.22. The molecule has 0 aromatic carbocycles. The number of rotatable bonds is 0. The summed E-state index contributed by atoms with van der Waals surface area (Å²) in [5.41, 5.74) is -0.223. The molecule has 0 saturated carbocycles. The first-order valence-corrected chi connectivity index (χ1v) is 2.30. The molecular formula is C4H2B2N2O. The molecule has 1 aromatic heterocycles. The highest BCUT2D eigenvalue weighted by molar-refractivity contribution is 6.48. The molecule has 4 radical (unpaired) electrons. The Hall–Kier alpha value is -0.990. The Balaban J connectivity index is 3.43. The summed E-state index contributed by atoms with van der Waals surface area (Å²) < 4.78 is 0. The maximum atomic E-state index is 10.5. The second-order valence-corrected chi connectivity index (χ2v) is 1.57. The quantitative estimate of drug-likeness (QED) is 0.376. The molecule has 0 aliphatic rings. The van der Waals surface area contributed by atoms with E-state index in [0.717, 1.165) is 0 Å². The van der Waals surface area contributed by atoms with Crippen LogP contribution in [0.2, 0.25) is 0 Å². The zero-order valence-electron chi connectivity index (χ0n) is 4.59. The van der Waals surface area contributed by atoms with Crippen molar-refractivity contribution in [2.75, 3.05) is 0 Å². The van der Waals surface area contributed by atoms with E-state index < -0.39 is 5.56 Å². The van der Waals surface area contributed by atoms with Gasteiger partial charge in [0.05, 0.1) is 0 Å². The fourth-order valence-electron chi connectivity index (χ4n) is 0.421. The van der Waals surface area contributed by atoms with Gasteiger partial charge in [-0.2, -0.15) is 5.10 Å². The van der Waals surface area contributed by atoms with Crippen molar-refractivity contribution in [2.45, 2.75) is 0 Å². The molecule has 0 aliphatic carbocycles. The number of nitrogens with one attached hydrogen (secondary N) is 1. The molecule has 0 aliphatic heterocycles. The molecule has 0 atom stereocenters. The largest absolute Gasteiger partial charge is 0.269 e. The Morgan fingerprint density at radius 1 is 1.56 bits per heavy atom. The molecule has 0 amide bonds. The lowest BCUT2D eigenvalue weighted by molar-refractivity contribution is 1.01. The Bertz CT molecular complexity index is 270. The summed E-state index contributed by atoms with van der Waals surface area (Å²) in [6.07, 6.45) is 1.29. The highest BCUT2D eigenvalue weighted by atomic mass is 16.1. The average molecular weight is 116 g/mol. The zero-order chi connectivity index (χ0) is 6.85. The summed E-state index contributed by atoms with van der Waals surface area (Å²) in [5, 5.41) is 5.53. The van der Waals surface area contributed by atoms with Crippen molar-refractivity contribution in [1.82, 2.24) is 10.2 Å². The topological polar surface area (TPSA) is 45.8 Å². The first-order valence-electron chi connectivity index (χ1n) is 2.30. The molecule has 0 bridgehead atoms. The van der Waals surface area contributed by atoms with E-state index in [9.17, 15) is 4.79 Å². The van der Waals surface area contributed by atoms with E-state index in [4.69, 9.17) is 15.7 Å². The predicted octanol–water partition coefficient (Wildman–Crippen LogP) is -2.64. The van der Waals surface area contributed by atoms with Crippen molar-refractivity contribution in [3.05, 3.63) is 16.6 Å². The fourth-order valence-corrected chi connectivity index (χ4v) is 0.421. The van der Waals surface area contributed by atoms with Gasteiger partial charge in [-0.1, -0.05) is 5.46 Å². The van der Waals surface area contributed by atoms with Crippen LogP contribution < -0.4 is 16.5 Å². The van der Waals surface area contributed by atoms with Gasteiger partial charge in [0.15, 0.2) is 0 Å². The zero-order valence-corrected chi connectivity index (χ0v) is 4.59. The molecule has 0 spiro atoms. The second kappa shape index (κ2) is 2.09. The highest BCUT2D eigenvalue weighted by Crippen LogP contribution is 1.52. The minimum atomic E-state index is -0.449. The SMILES string of the molecule is [B]c1cn[nH]c(=O)c1[B]. The summed E-state index contributed by atoms with van der Waals surface area (Å²) in [6.45, 7) is 0. The summed E-state index contributed by atoms with van der Waals surface area (Å²) in [5.74, 6) is 0. The van der Waals surface area contributed by atoms with Crippen molar-refractivity contribution in [2.24, 2.45) is 0 Å². The Morgan fingerprint density at radius 2 is 2.22 bits per heavy atom. The summed E-state index contributed by atoms with van der Waals surface area (Å²) in [7, 11) is 10.4. The van der Waals surface area contributed by atoms with E-state index in [0.29, 0.717) is 0 Å². The van der Waals surface area contributed by atoms with Gasteiger partial charge >= 0.3 is 0 Å². The van der Waals surface area contributed by atoms with E-state index in [-0.39, 0.29) is 10.9 Å². The monoisotopic (exact) mass is 116 g/mol. The van der Waals surface area contributed by atoms with E-state index in [2.05, 4.69) is 10.2 Å². The van der Waals surface area contributed by atoms with Crippen LogP contribution in [0.3, 0.4) is 0 Å². The third kappa shape index (κ3) is 1.04. The lowest BCUT2D eigenvalue weighted by atomic mass is 9.83. The van der Waals surface area contributed by atoms with Gasteiger partial charge in [-0.3, -0.25) is 4.79 Å². The number of aromatic nitrogens is 2. The van der Waals surface area contributed by atoms with Crippen LogP contribution in [0, 0.1) is 0 Å². The number of hydrogen-bond donors (Lipinski definition) is 1. The van der Waals surface area contributed by atoms with Crippen molar-refractivity contribution in [3.8, 4) is 0 Å². The lowest BCUT2D eigenvalue weighted by Gasteiger charge is -1.93. The molecule has 0 saturated heterocycles. The van der Waals surface area contributed by atoms with E-state index >= 15 is 0 Å². The van der Waals surface area contributed by atoms with Crippen LogP contribution in [-0.4, -0.2) is 25.9 Å². The van der Waals surface area contributed by atoms with Crippen molar-refractivity contribution < 1.29 is 0 Å². The van der Waals surface area contributed by atoms with Gasteiger partial charge in [0.25, 0.3) is 5.56 Å². The van der Waals surface area contributed by atoms with Gasteiger partial charge in [-0.25, -0.2) is 5.10 Å². The van der Waals surface area contributed by atoms with Crippen molar-refractivity contribution in [3.63, 3.8) is 0 Å². The second-order valence-electron chi connectivity index (χ2n) is 1.57. The van der Waals surface area contributed by atoms with Gasteiger partial charge in [0.2, 0.25) is 0 Å². The predicted molar refractivity (Wildman–Crippen MR) is 35.6 cm³/mol. The maximum absolute atomic E-state index is 10.5. The van der Waals surface area contributed by atoms with Gasteiger partial charge in [0, 0.05) is 6.20 Å². The number of aromatic amines is 1. The molecule has 9 heavy (non-hydrogen) atoms. The fraction of sp³-hybridized carbons (Fsp3) is 0. The number of hydrogen-bond acceptors (Lipinski definition) is 2. The number of H-pyrrole nitrogens is 1. The summed E-state index contributed by atoms with van der Waals surface area (Å²) >= 11 is 0. The molecule has 1 aromatic rings. The normalized spacial score (nSPS) is 9.33. The smallest absolute Gasteiger partial charge is 0.256 e. The standard InChI is InChI=1S/C4H2B2N2O/c5-2-1-7-8-4(9)3(2)6/h1H,(H,8,9). The van der Waals surface area contributed by atoms with Crippen LogP contribution in [0.5, 0.6) is 0 Å². The summed E-state index contributed by atoms with van der Waals surface area (Å²) in [4.78, 5) is 10.5. The molecular weight excluding hydrogens is 114 g/mol. The lowest BCUT2D eigenvalue weighted by Crippen LogP contribution is -2.40. The van der Waals surface area contributed by atoms with Crippen LogP contribution in [0.25, 0.3) is 0 Å². The van der Waals surface area contributed by atoms with Crippen LogP contribution >= 0.6 is 0 Å². The molecule has 3 nitrogen and oxygen atoms in total. The van der Waals surface area contributed by atoms with Crippen LogP contribution in [0.15, 0.2) is 11.0 Å². The van der Waals surface area contributed by atoms with Gasteiger partial charge in [0.1, 0.15) is 15.7 Å². The molecule has 1 N–H and O–H groups in total. The Morgan fingerprint density at radius 3 is 2.67 bits per heavy atom. The molecule has 1 rings (SSSR count).